The first-order valence-electron chi connectivity index (χ1n) is 28.3. The van der Waals surface area contributed by atoms with Crippen LogP contribution in [0.1, 0.15) is 144 Å². The van der Waals surface area contributed by atoms with Gasteiger partial charge in [0.2, 0.25) is 0 Å². The monoisotopic (exact) mass is 1320 g/mol. The quantitative estimate of drug-likeness (QED) is 0.0172. The van der Waals surface area contributed by atoms with Crippen LogP contribution in [0.15, 0.2) is 111 Å². The minimum Gasteiger partial charge on any atom is -0.461 e. The Bertz CT molecular complexity index is 3820. The van der Waals surface area contributed by atoms with Gasteiger partial charge in [-0.2, -0.15) is 0 Å². The highest BCUT2D eigenvalue weighted by Crippen LogP contribution is 2.42. The number of ether oxygens (including phenoxy) is 3. The van der Waals surface area contributed by atoms with E-state index in [2.05, 4.69) is 71.3 Å². The highest BCUT2D eigenvalue weighted by Gasteiger charge is 2.52. The Morgan fingerprint density at radius 2 is 1.24 bits per heavy atom. The second kappa shape index (κ2) is 28.4. The van der Waals surface area contributed by atoms with E-state index in [-0.39, 0.29) is 40.9 Å². The van der Waals surface area contributed by atoms with Crippen LogP contribution in [-0.2, 0) is 28.2 Å². The third-order valence-electron chi connectivity index (χ3n) is 13.4. The minimum atomic E-state index is -3.30. The van der Waals surface area contributed by atoms with Gasteiger partial charge in [-0.15, -0.1) is 56.7 Å². The Balaban J connectivity index is 1.17. The smallest absolute Gasteiger partial charge is 0.408 e. The summed E-state index contributed by atoms with van der Waals surface area (Å²) in [6, 6.07) is 21.9. The summed E-state index contributed by atoms with van der Waals surface area (Å²) in [5, 5.41) is 34.6. The number of aromatic nitrogens is 6. The third-order valence-corrected chi connectivity index (χ3v) is 23.0. The standard InChI is InChI=1S/C62H70N10O11S5Si/c1-14-40(50(74)63-28-34(3)81-36(5)73)65-51(75)43-30-85-55(67-43)45-32-86-54(69-45)41-27-26-39(53-70-46(33-84-53)58(77)80-15-2)48(64-41)42-29-87-56(66-42)47(35(4)83-89(61(9,10)11,37-22-18-16-19-23-37)38-24-20-17-21-25-38)71-52(76)44-31-88-57(68-44)49(62(12,13)79)72-59(78)82-60(6,7)8/h14,16-27,29-35,47,49,79H,15,28H2,1-13H3,(H,63,74)(H,65,75)(H,71,76)(H,72,78)/b40-14-/t34-,35+,47-,49-/m0/s1. The number of nitrogens with zero attached hydrogens (tertiary/aromatic N) is 6. The fraction of sp³-hybridized carbons (Fsp3) is 0.355. The molecule has 0 unspecified atom stereocenters. The number of aliphatic hydroxyl groups is 1. The van der Waals surface area contributed by atoms with Crippen molar-refractivity contribution in [3.05, 3.63) is 139 Å². The number of pyridine rings is 1. The summed E-state index contributed by atoms with van der Waals surface area (Å²) in [5.41, 5.74) is 0.0952. The van der Waals surface area contributed by atoms with Gasteiger partial charge in [0.1, 0.15) is 83.0 Å². The van der Waals surface area contributed by atoms with Crippen molar-refractivity contribution >= 4 is 111 Å². The van der Waals surface area contributed by atoms with Gasteiger partial charge in [-0.3, -0.25) is 19.2 Å². The summed E-state index contributed by atoms with van der Waals surface area (Å²) in [5.74, 6) is -2.83. The SMILES string of the molecule is C/C=C(\NC(=O)c1csc(-c2csc(-c3ccc(-c4nc(C(=O)OCC)cs4)c(-c4csc([C@@H](NC(=O)c5csc([C@H](NC(=O)OC(C)(C)C)C(C)(C)O)n5)[C@@H](C)O[Si](c5ccccc5)(c5ccccc5)C(C)(C)C)n4)n3)n2)n1)C(=O)NC[C@H](C)OC(C)=O. The number of alkyl carbamates (subject to hydrolysis) is 1. The van der Waals surface area contributed by atoms with Crippen molar-refractivity contribution in [1.29, 1.82) is 0 Å². The van der Waals surface area contributed by atoms with Gasteiger partial charge in [0.15, 0.2) is 5.69 Å². The summed E-state index contributed by atoms with van der Waals surface area (Å²) in [7, 11) is -3.30. The molecule has 0 aliphatic heterocycles. The van der Waals surface area contributed by atoms with Crippen molar-refractivity contribution in [1.82, 2.24) is 51.2 Å². The average Bonchev–Trinajstić information content (AvgIpc) is 1.37. The molecule has 0 aliphatic carbocycles. The molecule has 2 aromatic carbocycles. The Labute approximate surface area is 537 Å². The number of hydrogen-bond acceptors (Lipinski definition) is 22. The summed E-state index contributed by atoms with van der Waals surface area (Å²) < 4.78 is 23.6. The van der Waals surface area contributed by atoms with Gasteiger partial charge in [-0.25, -0.2) is 39.5 Å². The van der Waals surface area contributed by atoms with Crippen molar-refractivity contribution in [3.63, 3.8) is 0 Å². The van der Waals surface area contributed by atoms with Gasteiger partial charge in [0.05, 0.1) is 30.6 Å². The predicted molar refractivity (Wildman–Crippen MR) is 349 cm³/mol. The number of hydrogen-bond donors (Lipinski definition) is 5. The van der Waals surface area contributed by atoms with E-state index in [1.807, 2.05) is 54.8 Å². The van der Waals surface area contributed by atoms with Crippen LogP contribution in [0, 0.1) is 0 Å². The van der Waals surface area contributed by atoms with Crippen LogP contribution in [-0.4, -0.2) is 116 Å². The Kier molecular flexibility index (Phi) is 21.4. The van der Waals surface area contributed by atoms with Gasteiger partial charge in [-0.1, -0.05) is 87.5 Å². The van der Waals surface area contributed by atoms with Gasteiger partial charge in [-0.05, 0) is 89.9 Å². The zero-order valence-electron chi connectivity index (χ0n) is 51.4. The molecule has 8 aromatic rings. The zero-order chi connectivity index (χ0) is 64.6. The lowest BCUT2D eigenvalue weighted by Gasteiger charge is -2.45. The molecule has 27 heteroatoms. The van der Waals surface area contributed by atoms with E-state index in [1.165, 1.54) is 72.2 Å². The fourth-order valence-corrected chi connectivity index (χ4v) is 18.5. The summed E-state index contributed by atoms with van der Waals surface area (Å²) in [4.78, 5) is 108. The van der Waals surface area contributed by atoms with Crippen LogP contribution in [0.3, 0.4) is 0 Å². The van der Waals surface area contributed by atoms with Crippen molar-refractivity contribution in [3.8, 4) is 43.4 Å². The van der Waals surface area contributed by atoms with E-state index in [1.54, 1.807) is 69.1 Å². The van der Waals surface area contributed by atoms with Crippen LogP contribution >= 0.6 is 56.7 Å². The normalized spacial score (nSPS) is 13.6. The number of rotatable bonds is 23. The van der Waals surface area contributed by atoms with Crippen molar-refractivity contribution < 1.29 is 52.5 Å². The highest BCUT2D eigenvalue weighted by molar-refractivity contribution is 7.15. The summed E-state index contributed by atoms with van der Waals surface area (Å²) >= 11 is 6.09. The maximum absolute atomic E-state index is 14.9. The molecule has 4 atom stereocenters. The first kappa shape index (κ1) is 67.2. The molecule has 6 heterocycles. The largest absolute Gasteiger partial charge is 0.461 e. The molecular formula is C62H70N10O11S5Si. The van der Waals surface area contributed by atoms with Crippen molar-refractivity contribution in [2.24, 2.45) is 0 Å². The third kappa shape index (κ3) is 16.4. The molecule has 21 nitrogen and oxygen atoms in total. The van der Waals surface area contributed by atoms with Crippen LogP contribution in [0.5, 0.6) is 0 Å². The molecule has 8 rings (SSSR count). The molecule has 0 bridgehead atoms. The number of benzene rings is 2. The Morgan fingerprint density at radius 3 is 1.85 bits per heavy atom. The topological polar surface area (TPSA) is 285 Å². The first-order chi connectivity index (χ1) is 42.1. The van der Waals surface area contributed by atoms with E-state index < -0.39 is 84.6 Å². The van der Waals surface area contributed by atoms with Crippen molar-refractivity contribution in [2.45, 2.75) is 131 Å². The maximum atomic E-state index is 14.9. The van der Waals surface area contributed by atoms with E-state index in [9.17, 15) is 33.9 Å². The number of esters is 2. The number of thiazole rings is 5. The molecule has 0 saturated carbocycles. The van der Waals surface area contributed by atoms with Gasteiger partial charge >= 0.3 is 18.0 Å². The second-order valence-electron chi connectivity index (χ2n) is 23.0. The fourth-order valence-electron chi connectivity index (χ4n) is 9.39. The van der Waals surface area contributed by atoms with Crippen LogP contribution in [0.2, 0.25) is 5.04 Å². The summed E-state index contributed by atoms with van der Waals surface area (Å²) in [6.45, 7) is 23.1. The zero-order valence-corrected chi connectivity index (χ0v) is 56.5. The Morgan fingerprint density at radius 1 is 0.652 bits per heavy atom. The molecule has 468 valence electrons. The number of amides is 4. The number of carbonyl (C=O) groups is 6. The molecule has 5 N–H and O–H groups in total. The minimum absolute atomic E-state index is 0.0137. The molecule has 0 spiro atoms. The molecule has 0 aliphatic rings. The van der Waals surface area contributed by atoms with E-state index in [0.29, 0.717) is 48.4 Å². The van der Waals surface area contributed by atoms with Gasteiger partial charge in [0, 0.05) is 39.4 Å². The van der Waals surface area contributed by atoms with Gasteiger partial charge in [0.25, 0.3) is 26.0 Å². The van der Waals surface area contributed by atoms with Crippen LogP contribution in [0.25, 0.3) is 43.4 Å². The molecule has 0 fully saturated rings. The maximum Gasteiger partial charge on any atom is 0.408 e. The number of carbonyl (C=O) groups excluding carboxylic acids is 6. The van der Waals surface area contributed by atoms with Crippen molar-refractivity contribution in [2.75, 3.05) is 13.2 Å². The lowest BCUT2D eigenvalue weighted by molar-refractivity contribution is -0.145. The van der Waals surface area contributed by atoms with E-state index in [4.69, 9.17) is 43.6 Å². The predicted octanol–water partition coefficient (Wildman–Crippen LogP) is 10.7. The molecular weight excluding hydrogens is 1250 g/mol. The second-order valence-corrected chi connectivity index (χ2v) is 31.6. The highest BCUT2D eigenvalue weighted by atomic mass is 32.1. The number of allylic oxidation sites excluding steroid dienone is 1. The van der Waals surface area contributed by atoms with Crippen LogP contribution < -0.4 is 31.6 Å². The summed E-state index contributed by atoms with van der Waals surface area (Å²) in [6.07, 6.45) is -0.666. The Hall–Kier alpha value is -7.76. The molecule has 0 saturated heterocycles. The van der Waals surface area contributed by atoms with E-state index in [0.717, 1.165) is 21.7 Å². The molecule has 4 amide bonds. The average molecular weight is 1320 g/mol. The van der Waals surface area contributed by atoms with E-state index >= 15 is 0 Å². The lowest BCUT2D eigenvalue weighted by atomic mass is 10.00. The van der Waals surface area contributed by atoms with Gasteiger partial charge < -0.3 is 45.0 Å². The molecule has 89 heavy (non-hydrogen) atoms. The lowest BCUT2D eigenvalue weighted by Crippen LogP contribution is -2.68. The molecule has 6 aromatic heterocycles. The van der Waals surface area contributed by atoms with Crippen LogP contribution in [0.4, 0.5) is 4.79 Å². The number of nitrogens with one attached hydrogen (secondary N) is 4. The first-order valence-corrected chi connectivity index (χ1v) is 34.6. The molecule has 0 radical (unpaired) electrons.